The van der Waals surface area contributed by atoms with Crippen molar-refractivity contribution in [3.05, 3.63) is 57.9 Å². The van der Waals surface area contributed by atoms with Crippen LogP contribution in [0.1, 0.15) is 52.3 Å². The maximum atomic E-state index is 13.4. The van der Waals surface area contributed by atoms with E-state index in [4.69, 9.17) is 9.72 Å². The number of aromatic nitrogens is 5. The molecule has 2 bridgehead atoms. The zero-order valence-electron chi connectivity index (χ0n) is 20.8. The van der Waals surface area contributed by atoms with Crippen molar-refractivity contribution in [2.24, 2.45) is 0 Å². The molecule has 2 aliphatic heterocycles. The van der Waals surface area contributed by atoms with Crippen molar-refractivity contribution in [3.63, 3.8) is 0 Å². The summed E-state index contributed by atoms with van der Waals surface area (Å²) in [6.45, 7) is 5.95. The summed E-state index contributed by atoms with van der Waals surface area (Å²) in [4.78, 5) is 38.8. The van der Waals surface area contributed by atoms with Crippen LogP contribution in [0.5, 0.6) is 6.01 Å². The van der Waals surface area contributed by atoms with Gasteiger partial charge in [-0.1, -0.05) is 0 Å². The molecule has 0 aromatic carbocycles. The van der Waals surface area contributed by atoms with Crippen molar-refractivity contribution in [1.29, 1.82) is 0 Å². The lowest BCUT2D eigenvalue weighted by Crippen LogP contribution is -2.49. The minimum atomic E-state index is 0.0230. The minimum Gasteiger partial charge on any atom is -0.460 e. The van der Waals surface area contributed by atoms with E-state index in [0.717, 1.165) is 57.7 Å². The smallest absolute Gasteiger partial charge is 0.316 e. The number of ether oxygens (including phenoxy) is 1. The van der Waals surface area contributed by atoms with Crippen molar-refractivity contribution >= 4 is 39.5 Å². The van der Waals surface area contributed by atoms with Crippen LogP contribution in [-0.2, 0) is 0 Å². The van der Waals surface area contributed by atoms with Crippen LogP contribution < -0.4 is 10.1 Å². The van der Waals surface area contributed by atoms with Crippen molar-refractivity contribution in [1.82, 2.24) is 29.8 Å². The molecule has 4 aromatic rings. The van der Waals surface area contributed by atoms with Gasteiger partial charge in [0.15, 0.2) is 5.13 Å². The molecule has 3 atom stereocenters. The fourth-order valence-electron chi connectivity index (χ4n) is 5.20. The number of piperidine rings is 1. The lowest BCUT2D eigenvalue weighted by molar-refractivity contribution is 0.0335. The first-order valence-corrected chi connectivity index (χ1v) is 14.0. The minimum absolute atomic E-state index is 0.0230. The van der Waals surface area contributed by atoms with E-state index in [0.29, 0.717) is 17.4 Å². The lowest BCUT2D eigenvalue weighted by Gasteiger charge is -2.38. The molecule has 0 aliphatic carbocycles. The normalized spacial score (nSPS) is 20.7. The molecule has 2 saturated heterocycles. The second kappa shape index (κ2) is 9.79. The maximum Gasteiger partial charge on any atom is 0.316 e. The van der Waals surface area contributed by atoms with Crippen LogP contribution in [-0.4, -0.2) is 53.9 Å². The highest BCUT2D eigenvalue weighted by atomic mass is 32.1. The zero-order valence-corrected chi connectivity index (χ0v) is 22.5. The van der Waals surface area contributed by atoms with Gasteiger partial charge >= 0.3 is 6.01 Å². The molecule has 1 N–H and O–H groups in total. The number of carbonyl (C=O) groups is 1. The van der Waals surface area contributed by atoms with E-state index in [1.54, 1.807) is 29.9 Å². The highest BCUT2D eigenvalue weighted by Gasteiger charge is 2.44. The third-order valence-corrected chi connectivity index (χ3v) is 8.69. The van der Waals surface area contributed by atoms with Gasteiger partial charge in [0.05, 0.1) is 26.8 Å². The summed E-state index contributed by atoms with van der Waals surface area (Å²) in [7, 11) is 0. The van der Waals surface area contributed by atoms with Crippen molar-refractivity contribution in [2.75, 3.05) is 5.32 Å². The molecule has 190 valence electrons. The molecule has 1 amide bonds. The Kier molecular flexibility index (Phi) is 6.33. The quantitative estimate of drug-likeness (QED) is 0.354. The number of anilines is 2. The molecule has 2 fully saturated rings. The van der Waals surface area contributed by atoms with Gasteiger partial charge in [0.25, 0.3) is 5.91 Å². The highest BCUT2D eigenvalue weighted by molar-refractivity contribution is 7.16. The van der Waals surface area contributed by atoms with Gasteiger partial charge in [0, 0.05) is 48.9 Å². The Morgan fingerprint density at radius 3 is 2.43 bits per heavy atom. The van der Waals surface area contributed by atoms with Gasteiger partial charge in [-0.2, -0.15) is 0 Å². The van der Waals surface area contributed by atoms with Crippen molar-refractivity contribution < 1.29 is 9.53 Å². The molecular formula is C26H27N7O2S2. The van der Waals surface area contributed by atoms with Crippen LogP contribution in [0.25, 0.3) is 10.6 Å². The van der Waals surface area contributed by atoms with Gasteiger partial charge in [0.1, 0.15) is 11.9 Å². The molecule has 2 aliphatic rings. The predicted molar refractivity (Wildman–Crippen MR) is 144 cm³/mol. The van der Waals surface area contributed by atoms with Crippen molar-refractivity contribution in [3.8, 4) is 16.6 Å². The molecule has 6 heterocycles. The van der Waals surface area contributed by atoms with Gasteiger partial charge in [0.2, 0.25) is 0 Å². The largest absolute Gasteiger partial charge is 0.460 e. The molecule has 0 unspecified atom stereocenters. The number of aryl methyl sites for hydroxylation is 3. The summed E-state index contributed by atoms with van der Waals surface area (Å²) in [6.07, 6.45) is 8.75. The number of nitrogens with zero attached hydrogens (tertiary/aromatic N) is 6. The van der Waals surface area contributed by atoms with Gasteiger partial charge in [-0.25, -0.2) is 24.9 Å². The number of hydrogen-bond acceptors (Lipinski definition) is 10. The highest BCUT2D eigenvalue weighted by Crippen LogP contribution is 2.38. The Morgan fingerprint density at radius 2 is 1.78 bits per heavy atom. The second-order valence-electron chi connectivity index (χ2n) is 9.59. The Balaban J connectivity index is 1.09. The first-order chi connectivity index (χ1) is 17.9. The molecule has 0 saturated carbocycles. The SMILES string of the molecule is Cc1cnc(O[C@H]2C[C@H]3CC[C@@H](C2)N3C(=O)c2ccc(Nc3nc(-c4sc(C)nc4C)cs3)nc2)nc1. The van der Waals surface area contributed by atoms with Crippen LogP contribution in [0.4, 0.5) is 10.9 Å². The molecule has 6 rings (SSSR count). The molecule has 9 nitrogen and oxygen atoms in total. The first-order valence-electron chi connectivity index (χ1n) is 12.3. The Labute approximate surface area is 223 Å². The van der Waals surface area contributed by atoms with E-state index >= 15 is 0 Å². The van der Waals surface area contributed by atoms with Crippen LogP contribution in [0.2, 0.25) is 0 Å². The first kappa shape index (κ1) is 23.9. The van der Waals surface area contributed by atoms with Crippen LogP contribution in [0.15, 0.2) is 36.1 Å². The van der Waals surface area contributed by atoms with Crippen molar-refractivity contribution in [2.45, 2.75) is 64.6 Å². The maximum absolute atomic E-state index is 13.4. The average molecular weight is 534 g/mol. The summed E-state index contributed by atoms with van der Waals surface area (Å²) in [5.74, 6) is 0.687. The van der Waals surface area contributed by atoms with E-state index < -0.39 is 0 Å². The summed E-state index contributed by atoms with van der Waals surface area (Å²) in [5.41, 5.74) is 3.51. The molecule has 0 spiro atoms. The third-order valence-electron chi connectivity index (χ3n) is 6.84. The predicted octanol–water partition coefficient (Wildman–Crippen LogP) is 5.34. The molecule has 37 heavy (non-hydrogen) atoms. The van der Waals surface area contributed by atoms with Gasteiger partial charge in [-0.05, 0) is 51.3 Å². The Morgan fingerprint density at radius 1 is 1.03 bits per heavy atom. The van der Waals surface area contributed by atoms with Gasteiger partial charge in [-0.15, -0.1) is 22.7 Å². The topological polar surface area (TPSA) is 106 Å². The number of amides is 1. The summed E-state index contributed by atoms with van der Waals surface area (Å²) in [5, 5.41) is 7.06. The molecule has 11 heteroatoms. The van der Waals surface area contributed by atoms with Gasteiger partial charge in [-0.3, -0.25) is 4.79 Å². The zero-order chi connectivity index (χ0) is 25.5. The standard InChI is InChI=1S/C26H27N7O2S2/c1-14-10-28-25(29-11-14)35-20-8-18-5-6-19(9-20)33(18)24(34)17-4-7-22(27-12-17)32-26-31-21(13-36-26)23-15(2)30-16(3)37-23/h4,7,10-13,18-20H,5-6,8-9H2,1-3H3,(H,27,31,32)/t18-,19+,20+. The number of fused-ring (bicyclic) bond motifs is 2. The molecule has 4 aromatic heterocycles. The summed E-state index contributed by atoms with van der Waals surface area (Å²) < 4.78 is 6.05. The summed E-state index contributed by atoms with van der Waals surface area (Å²) in [6, 6.07) is 4.40. The number of nitrogens with one attached hydrogen (secondary N) is 1. The number of thiazole rings is 2. The molecular weight excluding hydrogens is 506 g/mol. The van der Waals surface area contributed by atoms with E-state index in [1.807, 2.05) is 43.2 Å². The van der Waals surface area contributed by atoms with E-state index in [-0.39, 0.29) is 24.1 Å². The number of carbonyl (C=O) groups excluding carboxylic acids is 1. The third kappa shape index (κ3) is 4.93. The van der Waals surface area contributed by atoms with E-state index in [2.05, 4.69) is 25.3 Å². The van der Waals surface area contributed by atoms with E-state index in [9.17, 15) is 4.79 Å². The Hall–Kier alpha value is -3.44. The number of pyridine rings is 1. The average Bonchev–Trinajstić information content (AvgIpc) is 3.56. The fourth-order valence-corrected chi connectivity index (χ4v) is 6.87. The molecule has 0 radical (unpaired) electrons. The van der Waals surface area contributed by atoms with E-state index in [1.165, 1.54) is 11.3 Å². The second-order valence-corrected chi connectivity index (χ2v) is 11.7. The van der Waals surface area contributed by atoms with Crippen LogP contribution >= 0.6 is 22.7 Å². The van der Waals surface area contributed by atoms with Crippen LogP contribution in [0, 0.1) is 20.8 Å². The number of rotatable bonds is 6. The summed E-state index contributed by atoms with van der Waals surface area (Å²) >= 11 is 3.17. The van der Waals surface area contributed by atoms with Crippen LogP contribution in [0.3, 0.4) is 0 Å². The van der Waals surface area contributed by atoms with Gasteiger partial charge < -0.3 is 15.0 Å². The number of hydrogen-bond donors (Lipinski definition) is 1. The monoisotopic (exact) mass is 533 g/mol. The lowest BCUT2D eigenvalue weighted by atomic mass is 9.98. The fraction of sp³-hybridized carbons (Fsp3) is 0.385. The Bertz CT molecular complexity index is 1400.